The molecule has 1 saturated heterocycles. The second-order valence-corrected chi connectivity index (χ2v) is 45.6. The second-order valence-electron chi connectivity index (χ2n) is 30.2. The summed E-state index contributed by atoms with van der Waals surface area (Å²) in [6.07, 6.45) is 10.7. The maximum atomic E-state index is 13.2. The SMILES string of the molecule is C#C[Si](C)(C)C.CCOC(=O)Cl.CCOC(=O)Nc1cccc(F)n1.CCOC(=O)Nc1nc(F)ccc1C#C[Si](C)(C)C.CCOC(=O)Nc1nc(F)ccc1I.CCOC(=O)n1ccc2ccc(F)nc21.Fc1ccc2cc(CC3CCCN3)[nH]c2n1.Fc1ccc2cc[nH]c2n1.Fc1cccc(F)n1.II.Nc1cccc(F)n1.O=S(=O)(Cl)c1ccccc1.O=S(=O)(c1ccccc1)n1ccc2ccc(F)nc21. The Balaban J connectivity index is 0.000000336. The molecular formula is C95H99Cl2F10I3N18O14S2Si2. The van der Waals surface area contributed by atoms with E-state index in [0.717, 1.165) is 45.5 Å². The molecule has 13 aromatic heterocycles. The smallest absolute Gasteiger partial charge is 0.419 e. The van der Waals surface area contributed by atoms with Crippen molar-refractivity contribution in [2.45, 2.75) is 109 Å². The summed E-state index contributed by atoms with van der Waals surface area (Å²) in [6.45, 7) is 23.7. The minimum Gasteiger partial charge on any atom is -0.454 e. The molecule has 51 heteroatoms. The number of rotatable bonds is 13. The fourth-order valence-corrected chi connectivity index (χ4v) is 13.8. The lowest BCUT2D eigenvalue weighted by Crippen LogP contribution is -2.23. The van der Waals surface area contributed by atoms with E-state index in [-0.39, 0.29) is 70.8 Å². The topological polar surface area (TPSA) is 431 Å². The van der Waals surface area contributed by atoms with Crippen LogP contribution < -0.4 is 27.0 Å². The number of nitrogens with two attached hydrogens (primary N) is 1. The van der Waals surface area contributed by atoms with Crippen LogP contribution in [0, 0.1) is 86.5 Å². The maximum absolute atomic E-state index is 13.2. The molecule has 15 aromatic rings. The van der Waals surface area contributed by atoms with E-state index in [2.05, 4.69) is 190 Å². The van der Waals surface area contributed by atoms with Gasteiger partial charge in [-0.1, -0.05) is 99.8 Å². The summed E-state index contributed by atoms with van der Waals surface area (Å²) in [5.74, 6) is -2.73. The van der Waals surface area contributed by atoms with Crippen LogP contribution in [0.15, 0.2) is 241 Å². The lowest BCUT2D eigenvalue weighted by atomic mass is 10.1. The Morgan fingerprint density at radius 3 is 1.40 bits per heavy atom. The highest BCUT2D eigenvalue weighted by molar-refractivity contribution is 15.0. The lowest BCUT2D eigenvalue weighted by molar-refractivity contribution is 0.154. The van der Waals surface area contributed by atoms with Crippen LogP contribution in [0.2, 0.25) is 39.3 Å². The van der Waals surface area contributed by atoms with Crippen LogP contribution in [0.25, 0.3) is 44.1 Å². The number of hydrogen-bond acceptors (Lipinski definition) is 25. The van der Waals surface area contributed by atoms with Crippen molar-refractivity contribution in [1.29, 1.82) is 0 Å². The molecule has 32 nitrogen and oxygen atoms in total. The summed E-state index contributed by atoms with van der Waals surface area (Å²) in [5, 5.41) is 13.6. The highest BCUT2D eigenvalue weighted by atomic mass is 128. The van der Waals surface area contributed by atoms with E-state index in [1.165, 1.54) is 151 Å². The minimum absolute atomic E-state index is 0.0869. The van der Waals surface area contributed by atoms with Gasteiger partial charge in [0.25, 0.3) is 19.1 Å². The normalized spacial score (nSPS) is 11.3. The molecule has 0 spiro atoms. The number of anilines is 4. The van der Waals surface area contributed by atoms with Crippen LogP contribution in [0.1, 0.15) is 58.7 Å². The second kappa shape index (κ2) is 65.5. The molecule has 0 bridgehead atoms. The molecule has 1 aliphatic rings. The van der Waals surface area contributed by atoms with Gasteiger partial charge in [-0.25, -0.2) is 89.2 Å². The number of halogens is 15. The predicted molar refractivity (Wildman–Crippen MR) is 570 cm³/mol. The standard InChI is InChI=1S/C13H9FN2O2S.C13H17FN2O2Si.C12H14FN3.C10H9FN2O2.C8H8FIN2O2.C8H9FN2O2.C7H5FN2.C6H5ClO2S.C5H3F2N.C5H5FN2.C5H10Si.C3H5ClO2.I2/c14-12-7-6-10-8-9-16(13(10)15-12)19(17,18)11-4-2-1-3-5-11;1-5-18-13(17)16-12-10(6-7-11(14)15-12)8-9-19(2,3)4;13-11-4-3-8-6-10(15-12(8)16-11)7-9-2-1-5-14-9;1-2-15-10(14)13-6-5-7-3-4-8(11)12-9(7)13;1-2-14-8(13)12-7-5(10)3-4-6(9)11-7;1-2-13-8(12)11-7-5-3-4-6(9)10-7;8-6-2-1-5-3-4-9-7(5)10-6;7-10(8,9)6-4-2-1-3-5-6;2*6-4-2-1-3-5(7)8-4;1-5-6(2,3)4;1-2-6-3(4)5;1-2/h1-9H;6-7H,5H2,1-4H3,(H,15,16,17);3-4,6,9,14H,1-2,5,7H2,(H,15,16);3-6H,2H2,1H3;3-4H,2H2,1H3,(H,11,12,13);3-5H,2H2,1H3,(H,10,11,12);1-4H,(H,9,10);1-5H;1-3H;1-3H,(H2,7,8);1H,2-4H3;2H2,1H3;. The van der Waals surface area contributed by atoms with Gasteiger partial charge in [-0.05, 0) is 234 Å². The van der Waals surface area contributed by atoms with E-state index in [1.54, 1.807) is 108 Å². The van der Waals surface area contributed by atoms with Crippen LogP contribution in [0.3, 0.4) is 0 Å². The molecule has 16 rings (SSSR count). The third-order valence-corrected chi connectivity index (χ3v) is 22.6. The number of hydrogen-bond donors (Lipinski definition) is 7. The summed E-state index contributed by atoms with van der Waals surface area (Å²) in [4.78, 5) is 91.8. The Kier molecular flexibility index (Phi) is 56.2. The number of terminal acetylenes is 1. The summed E-state index contributed by atoms with van der Waals surface area (Å²) >= 11 is 10.9. The molecule has 1 fully saturated rings. The number of nitrogens with zero attached hydrogens (tertiary/aromatic N) is 11. The largest absolute Gasteiger partial charge is 0.454 e. The maximum Gasteiger partial charge on any atom is 0.419 e. The summed E-state index contributed by atoms with van der Waals surface area (Å²) in [7, 11) is -4.91. The number of nitrogen functional groups attached to an aromatic ring is 1. The Labute approximate surface area is 883 Å². The highest BCUT2D eigenvalue weighted by Crippen LogP contribution is 2.24. The number of ether oxygens (including phenoxy) is 5. The fourth-order valence-electron chi connectivity index (χ4n) is 10.6. The van der Waals surface area contributed by atoms with Crippen molar-refractivity contribution in [2.24, 2.45) is 0 Å². The lowest BCUT2D eigenvalue weighted by Gasteiger charge is -2.07. The van der Waals surface area contributed by atoms with Gasteiger partial charge in [0, 0.05) is 118 Å². The zero-order valence-electron chi connectivity index (χ0n) is 79.7. The van der Waals surface area contributed by atoms with Crippen LogP contribution in [-0.4, -0.2) is 172 Å². The van der Waals surface area contributed by atoms with Crippen molar-refractivity contribution in [1.82, 2.24) is 68.7 Å². The van der Waals surface area contributed by atoms with Gasteiger partial charge in [0.1, 0.15) is 39.1 Å². The third-order valence-electron chi connectivity index (χ3n) is 16.8. The van der Waals surface area contributed by atoms with Crippen LogP contribution in [0.5, 0.6) is 0 Å². The molecule has 146 heavy (non-hydrogen) atoms. The van der Waals surface area contributed by atoms with E-state index in [1.807, 2.05) is 28.7 Å². The molecule has 1 atom stereocenters. The number of H-pyrrole nitrogens is 2. The predicted octanol–water partition coefficient (Wildman–Crippen LogP) is 23.9. The first-order valence-electron chi connectivity index (χ1n) is 42.9. The van der Waals surface area contributed by atoms with Crippen LogP contribution in [-0.2, 0) is 49.2 Å². The molecular weight excluding hydrogens is 2380 g/mol. The van der Waals surface area contributed by atoms with Gasteiger partial charge in [-0.2, -0.15) is 48.9 Å². The average Bonchev–Trinajstić information content (AvgIpc) is 1.62. The first-order chi connectivity index (χ1) is 69.2. The zero-order valence-corrected chi connectivity index (χ0v) is 91.3. The van der Waals surface area contributed by atoms with E-state index in [0.29, 0.717) is 43.8 Å². The Hall–Kier alpha value is -13.0. The molecule has 0 aliphatic carbocycles. The number of aromatic amines is 2. The summed E-state index contributed by atoms with van der Waals surface area (Å²) < 4.78 is 197. The minimum atomic E-state index is -3.75. The van der Waals surface area contributed by atoms with Gasteiger partial charge in [0.2, 0.25) is 59.5 Å². The van der Waals surface area contributed by atoms with Crippen molar-refractivity contribution in [3.8, 4) is 23.4 Å². The molecule has 778 valence electrons. The van der Waals surface area contributed by atoms with E-state index in [9.17, 15) is 84.7 Å². The number of fused-ring (bicyclic) bond motifs is 4. The van der Waals surface area contributed by atoms with Crippen LogP contribution in [0.4, 0.5) is 91.1 Å². The molecule has 1 aliphatic heterocycles. The van der Waals surface area contributed by atoms with Gasteiger partial charge in [0.05, 0.1) is 52.0 Å². The van der Waals surface area contributed by atoms with Crippen molar-refractivity contribution in [3.05, 3.63) is 305 Å². The van der Waals surface area contributed by atoms with Gasteiger partial charge >= 0.3 is 29.8 Å². The van der Waals surface area contributed by atoms with E-state index < -0.39 is 125 Å². The number of benzene rings is 2. The number of pyridine rings is 9. The van der Waals surface area contributed by atoms with Crippen molar-refractivity contribution >= 4 is 215 Å². The number of nitrogens with one attached hydrogen (secondary N) is 6. The Morgan fingerprint density at radius 2 is 0.932 bits per heavy atom. The quantitative estimate of drug-likeness (QED) is 0.0107. The fraction of sp³-hybridized carbons (Fsp3) is 0.221. The molecule has 0 radical (unpaired) electrons. The molecule has 1 unspecified atom stereocenters. The Morgan fingerprint density at radius 1 is 0.486 bits per heavy atom. The van der Waals surface area contributed by atoms with Gasteiger partial charge in [0.15, 0.2) is 22.9 Å². The molecule has 8 N–H and O–H groups in total. The number of carbonyl (C=O) groups is 5. The highest BCUT2D eigenvalue weighted by Gasteiger charge is 2.22. The number of carbonyl (C=O) groups excluding carboxylic acids is 5. The number of aromatic nitrogens is 13. The Bertz CT molecular complexity index is 6970. The molecule has 3 amide bonds. The van der Waals surface area contributed by atoms with Crippen molar-refractivity contribution in [2.75, 3.05) is 61.3 Å². The number of amides is 3. The zero-order chi connectivity index (χ0) is 109. The summed E-state index contributed by atoms with van der Waals surface area (Å²) in [5.41, 5.74) is 13.5. The van der Waals surface area contributed by atoms with E-state index >= 15 is 0 Å². The third kappa shape index (κ3) is 49.2. The van der Waals surface area contributed by atoms with Gasteiger partial charge in [-0.15, -0.1) is 17.5 Å². The summed E-state index contributed by atoms with van der Waals surface area (Å²) in [6, 6.07) is 52.5. The van der Waals surface area contributed by atoms with Gasteiger partial charge in [-0.3, -0.25) is 16.0 Å². The average molecular weight is 2480 g/mol. The first-order valence-corrected chi connectivity index (χ1v) is 61.4. The van der Waals surface area contributed by atoms with Crippen molar-refractivity contribution < 1.29 is 108 Å². The van der Waals surface area contributed by atoms with Crippen molar-refractivity contribution in [3.63, 3.8) is 0 Å². The first kappa shape index (κ1) is 125. The monoisotopic (exact) mass is 2480 g/mol. The van der Waals surface area contributed by atoms with E-state index in [4.69, 9.17) is 43.9 Å². The molecule has 0 saturated carbocycles. The molecule has 2 aromatic carbocycles. The van der Waals surface area contributed by atoms with Crippen LogP contribution >= 0.6 is 82.1 Å². The molecule has 14 heterocycles. The van der Waals surface area contributed by atoms with Gasteiger partial charge < -0.3 is 44.7 Å².